The summed E-state index contributed by atoms with van der Waals surface area (Å²) in [5.74, 6) is 0.805. The fraction of sp³-hybridized carbons (Fsp3) is 0.625. The summed E-state index contributed by atoms with van der Waals surface area (Å²) >= 11 is 0. The van der Waals surface area contributed by atoms with E-state index in [-0.39, 0.29) is 0 Å². The molecule has 2 N–H and O–H groups in total. The van der Waals surface area contributed by atoms with Crippen LogP contribution < -0.4 is 10.1 Å². The third kappa shape index (κ3) is 4.78. The van der Waals surface area contributed by atoms with Crippen molar-refractivity contribution >= 4 is 0 Å². The first-order valence-corrected chi connectivity index (χ1v) is 7.60. The van der Waals surface area contributed by atoms with Crippen LogP contribution in [0.5, 0.6) is 5.75 Å². The lowest BCUT2D eigenvalue weighted by Crippen LogP contribution is -2.41. The number of aliphatic hydroxyl groups excluding tert-OH is 1. The van der Waals surface area contributed by atoms with Crippen molar-refractivity contribution in [2.24, 2.45) is 0 Å². The topological polar surface area (TPSA) is 44.7 Å². The third-order valence-corrected chi connectivity index (χ3v) is 3.85. The van der Waals surface area contributed by atoms with Crippen LogP contribution in [0.25, 0.3) is 0 Å². The molecule has 4 heteroatoms. The molecule has 0 amide bonds. The van der Waals surface area contributed by atoms with Gasteiger partial charge in [0, 0.05) is 19.1 Å². The zero-order valence-electron chi connectivity index (χ0n) is 12.3. The number of likely N-dealkylation sites (tertiary alicyclic amines) is 1. The fourth-order valence-corrected chi connectivity index (χ4v) is 2.73. The molecule has 1 saturated heterocycles. The van der Waals surface area contributed by atoms with E-state index in [9.17, 15) is 5.11 Å². The number of benzene rings is 1. The maximum atomic E-state index is 9.91. The normalized spacial score (nSPS) is 21.0. The number of nitrogens with one attached hydrogen (secondary N) is 1. The molecule has 0 spiro atoms. The molecule has 1 aliphatic heterocycles. The molecule has 0 unspecified atom stereocenters. The number of para-hydroxylation sites is 1. The van der Waals surface area contributed by atoms with Crippen molar-refractivity contribution in [1.29, 1.82) is 0 Å². The van der Waals surface area contributed by atoms with E-state index in [0.717, 1.165) is 18.8 Å². The number of likely N-dealkylation sites (N-methyl/N-ethyl adjacent to an activating group) is 1. The first-order valence-electron chi connectivity index (χ1n) is 7.60. The number of ether oxygens (including phenoxy) is 1. The minimum atomic E-state index is -0.466. The lowest BCUT2D eigenvalue weighted by atomic mass is 10.2. The van der Waals surface area contributed by atoms with Gasteiger partial charge in [0.15, 0.2) is 0 Å². The Morgan fingerprint density at radius 2 is 2.20 bits per heavy atom. The highest BCUT2D eigenvalue weighted by atomic mass is 16.5. The highest BCUT2D eigenvalue weighted by molar-refractivity contribution is 5.20. The highest BCUT2D eigenvalue weighted by Gasteiger charge is 2.22. The van der Waals surface area contributed by atoms with Gasteiger partial charge >= 0.3 is 0 Å². The minimum absolute atomic E-state index is 0.333. The van der Waals surface area contributed by atoms with Crippen LogP contribution in [-0.2, 0) is 0 Å². The lowest BCUT2D eigenvalue weighted by molar-refractivity contribution is 0.104. The van der Waals surface area contributed by atoms with E-state index in [2.05, 4.69) is 17.1 Å². The van der Waals surface area contributed by atoms with Crippen LogP contribution in [0.15, 0.2) is 30.3 Å². The van der Waals surface area contributed by atoms with Gasteiger partial charge in [0.25, 0.3) is 0 Å². The van der Waals surface area contributed by atoms with Gasteiger partial charge in [0.1, 0.15) is 18.5 Å². The smallest absolute Gasteiger partial charge is 0.119 e. The summed E-state index contributed by atoms with van der Waals surface area (Å²) < 4.78 is 5.53. The van der Waals surface area contributed by atoms with E-state index >= 15 is 0 Å². The Morgan fingerprint density at radius 3 is 2.95 bits per heavy atom. The molecule has 1 heterocycles. The average Bonchev–Trinajstić information content (AvgIpc) is 2.94. The minimum Gasteiger partial charge on any atom is -0.491 e. The monoisotopic (exact) mass is 278 g/mol. The number of hydrogen-bond donors (Lipinski definition) is 2. The molecule has 0 aliphatic carbocycles. The van der Waals surface area contributed by atoms with Gasteiger partial charge in [-0.2, -0.15) is 0 Å². The van der Waals surface area contributed by atoms with Crippen molar-refractivity contribution < 1.29 is 9.84 Å². The molecule has 0 saturated carbocycles. The van der Waals surface area contributed by atoms with Crippen LogP contribution >= 0.6 is 0 Å². The van der Waals surface area contributed by atoms with Crippen LogP contribution in [0.1, 0.15) is 19.8 Å². The second kappa shape index (κ2) is 8.25. The van der Waals surface area contributed by atoms with Crippen molar-refractivity contribution in [3.8, 4) is 5.75 Å². The lowest BCUT2D eigenvalue weighted by Gasteiger charge is -2.23. The summed E-state index contributed by atoms with van der Waals surface area (Å²) in [7, 11) is 0. The number of hydrogen-bond acceptors (Lipinski definition) is 4. The SMILES string of the molecule is CCN1CCC[C@H]1CNC[C@@H](O)COc1ccccc1. The molecule has 0 aromatic heterocycles. The molecule has 1 aromatic rings. The maximum absolute atomic E-state index is 9.91. The molecular weight excluding hydrogens is 252 g/mol. The summed E-state index contributed by atoms with van der Waals surface area (Å²) in [5, 5.41) is 13.3. The Balaban J connectivity index is 1.59. The van der Waals surface area contributed by atoms with Crippen LogP contribution in [-0.4, -0.2) is 54.9 Å². The summed E-state index contributed by atoms with van der Waals surface area (Å²) in [6, 6.07) is 10.2. The van der Waals surface area contributed by atoms with Crippen molar-refractivity contribution in [2.45, 2.75) is 31.9 Å². The first-order chi connectivity index (χ1) is 9.79. The van der Waals surface area contributed by atoms with Gasteiger partial charge in [0.05, 0.1) is 0 Å². The van der Waals surface area contributed by atoms with Gasteiger partial charge in [-0.1, -0.05) is 25.1 Å². The molecule has 0 bridgehead atoms. The highest BCUT2D eigenvalue weighted by Crippen LogP contribution is 2.15. The Kier molecular flexibility index (Phi) is 6.30. The molecule has 112 valence electrons. The van der Waals surface area contributed by atoms with Crippen molar-refractivity contribution in [3.05, 3.63) is 30.3 Å². The molecule has 2 rings (SSSR count). The summed E-state index contributed by atoms with van der Waals surface area (Å²) in [4.78, 5) is 2.50. The molecular formula is C16H26N2O2. The van der Waals surface area contributed by atoms with Gasteiger partial charge < -0.3 is 15.2 Å². The van der Waals surface area contributed by atoms with Crippen LogP contribution in [0.4, 0.5) is 0 Å². The van der Waals surface area contributed by atoms with Crippen molar-refractivity contribution in [1.82, 2.24) is 10.2 Å². The summed E-state index contributed by atoms with van der Waals surface area (Å²) in [6.07, 6.45) is 2.09. The zero-order chi connectivity index (χ0) is 14.2. The van der Waals surface area contributed by atoms with E-state index in [1.807, 2.05) is 30.3 Å². The van der Waals surface area contributed by atoms with Crippen LogP contribution in [0.3, 0.4) is 0 Å². The second-order valence-electron chi connectivity index (χ2n) is 5.36. The number of rotatable bonds is 8. The molecule has 20 heavy (non-hydrogen) atoms. The average molecular weight is 278 g/mol. The van der Waals surface area contributed by atoms with E-state index in [1.165, 1.54) is 19.4 Å². The standard InChI is InChI=1S/C16H26N2O2/c1-2-18-10-6-7-14(18)11-17-12-15(19)13-20-16-8-4-3-5-9-16/h3-5,8-9,14-15,17,19H,2,6-7,10-13H2,1H3/t14-,15+/m0/s1. The number of aliphatic hydroxyl groups is 1. The van der Waals surface area contributed by atoms with E-state index in [0.29, 0.717) is 19.2 Å². The predicted molar refractivity (Wildman–Crippen MR) is 81.1 cm³/mol. The largest absolute Gasteiger partial charge is 0.491 e. The van der Waals surface area contributed by atoms with E-state index in [4.69, 9.17) is 4.74 Å². The van der Waals surface area contributed by atoms with Gasteiger partial charge in [-0.25, -0.2) is 0 Å². The zero-order valence-corrected chi connectivity index (χ0v) is 12.3. The van der Waals surface area contributed by atoms with Crippen LogP contribution in [0.2, 0.25) is 0 Å². The number of nitrogens with zero attached hydrogens (tertiary/aromatic N) is 1. The van der Waals surface area contributed by atoms with Gasteiger partial charge in [-0.15, -0.1) is 0 Å². The van der Waals surface area contributed by atoms with Crippen molar-refractivity contribution in [2.75, 3.05) is 32.8 Å². The fourth-order valence-electron chi connectivity index (χ4n) is 2.73. The van der Waals surface area contributed by atoms with E-state index in [1.54, 1.807) is 0 Å². The molecule has 2 atom stereocenters. The first kappa shape index (κ1) is 15.3. The molecule has 1 aromatic carbocycles. The van der Waals surface area contributed by atoms with Crippen LogP contribution in [0, 0.1) is 0 Å². The molecule has 1 fully saturated rings. The molecule has 1 aliphatic rings. The summed E-state index contributed by atoms with van der Waals surface area (Å²) in [5.41, 5.74) is 0. The summed E-state index contributed by atoms with van der Waals surface area (Å²) in [6.45, 7) is 6.41. The Bertz CT molecular complexity index is 372. The molecule has 4 nitrogen and oxygen atoms in total. The second-order valence-corrected chi connectivity index (χ2v) is 5.36. The predicted octanol–water partition coefficient (Wildman–Crippen LogP) is 1.50. The Morgan fingerprint density at radius 1 is 1.40 bits per heavy atom. The maximum Gasteiger partial charge on any atom is 0.119 e. The quantitative estimate of drug-likeness (QED) is 0.756. The molecule has 0 radical (unpaired) electrons. The Hall–Kier alpha value is -1.10. The van der Waals surface area contributed by atoms with Crippen molar-refractivity contribution in [3.63, 3.8) is 0 Å². The third-order valence-electron chi connectivity index (χ3n) is 3.85. The van der Waals surface area contributed by atoms with Gasteiger partial charge in [-0.05, 0) is 38.1 Å². The Labute approximate surface area is 121 Å². The van der Waals surface area contributed by atoms with Gasteiger partial charge in [0.2, 0.25) is 0 Å². The van der Waals surface area contributed by atoms with E-state index < -0.39 is 6.10 Å². The van der Waals surface area contributed by atoms with Gasteiger partial charge in [-0.3, -0.25) is 4.90 Å².